The van der Waals surface area contributed by atoms with Gasteiger partial charge in [0.15, 0.2) is 0 Å². The lowest BCUT2D eigenvalue weighted by Gasteiger charge is -2.42. The molecule has 0 radical (unpaired) electrons. The first-order valence-corrected chi connectivity index (χ1v) is 10.1. The lowest BCUT2D eigenvalue weighted by atomic mass is 9.63. The van der Waals surface area contributed by atoms with E-state index in [1.54, 1.807) is 0 Å². The van der Waals surface area contributed by atoms with E-state index in [0.717, 1.165) is 48.4 Å². The predicted molar refractivity (Wildman–Crippen MR) is 114 cm³/mol. The molecule has 140 valence electrons. The van der Waals surface area contributed by atoms with Crippen molar-refractivity contribution in [2.45, 2.75) is 37.5 Å². The Labute approximate surface area is 170 Å². The number of rotatable bonds is 5. The molecule has 0 saturated heterocycles. The number of hydrogen-bond acceptors (Lipinski definition) is 2. The quantitative estimate of drug-likeness (QED) is 0.513. The SMILES string of the molecule is N/C(=N\C(=C(/N)c1ccccc1Cl)C1CC1)C1(c2ccc(Cl)cc2)CCC1. The summed E-state index contributed by atoms with van der Waals surface area (Å²) in [6.45, 7) is 0. The standard InChI is InChI=1S/C22H23Cl2N3/c23-16-10-8-15(9-11-16)22(12-3-13-22)21(26)27-20(14-6-7-14)19(25)17-4-1-2-5-18(17)24/h1-2,4-5,8-11,14H,3,6-7,12-13,25H2,(H2,26,27)/b20-19-. The molecule has 0 aromatic heterocycles. The van der Waals surface area contributed by atoms with Crippen molar-refractivity contribution in [3.8, 4) is 0 Å². The third-order valence-electron chi connectivity index (χ3n) is 5.74. The summed E-state index contributed by atoms with van der Waals surface area (Å²) in [5.74, 6) is 1.01. The zero-order valence-corrected chi connectivity index (χ0v) is 16.6. The Balaban J connectivity index is 1.76. The second-order valence-electron chi connectivity index (χ2n) is 7.49. The highest BCUT2D eigenvalue weighted by Gasteiger charge is 2.43. The van der Waals surface area contributed by atoms with Gasteiger partial charge in [-0.2, -0.15) is 0 Å². The molecule has 2 aromatic rings. The molecular weight excluding hydrogens is 377 g/mol. The molecule has 2 aromatic carbocycles. The first kappa shape index (κ1) is 18.4. The van der Waals surface area contributed by atoms with Crippen LogP contribution in [0.5, 0.6) is 0 Å². The smallest absolute Gasteiger partial charge is 0.110 e. The van der Waals surface area contributed by atoms with E-state index >= 15 is 0 Å². The minimum absolute atomic E-state index is 0.217. The van der Waals surface area contributed by atoms with Crippen molar-refractivity contribution in [3.63, 3.8) is 0 Å². The van der Waals surface area contributed by atoms with Gasteiger partial charge < -0.3 is 11.5 Å². The molecule has 0 aliphatic heterocycles. The molecule has 0 bridgehead atoms. The zero-order valence-electron chi connectivity index (χ0n) is 15.1. The number of allylic oxidation sites excluding steroid dienone is 1. The molecule has 0 spiro atoms. The van der Waals surface area contributed by atoms with Crippen molar-refractivity contribution in [1.82, 2.24) is 0 Å². The number of aliphatic imine (C=N–C) groups is 1. The van der Waals surface area contributed by atoms with E-state index in [4.69, 9.17) is 39.7 Å². The third kappa shape index (κ3) is 3.46. The zero-order chi connectivity index (χ0) is 19.0. The Morgan fingerprint density at radius 2 is 1.63 bits per heavy atom. The molecular formula is C22H23Cl2N3. The number of benzene rings is 2. The van der Waals surface area contributed by atoms with E-state index < -0.39 is 0 Å². The third-order valence-corrected chi connectivity index (χ3v) is 6.32. The van der Waals surface area contributed by atoms with Gasteiger partial charge in [-0.3, -0.25) is 0 Å². The highest BCUT2D eigenvalue weighted by atomic mass is 35.5. The highest BCUT2D eigenvalue weighted by Crippen LogP contribution is 2.46. The summed E-state index contributed by atoms with van der Waals surface area (Å²) in [7, 11) is 0. The Bertz CT molecular complexity index is 907. The molecule has 0 atom stereocenters. The number of hydrogen-bond donors (Lipinski definition) is 2. The monoisotopic (exact) mass is 399 g/mol. The fourth-order valence-corrected chi connectivity index (χ4v) is 4.14. The van der Waals surface area contributed by atoms with Crippen LogP contribution in [-0.4, -0.2) is 5.84 Å². The van der Waals surface area contributed by atoms with E-state index in [2.05, 4.69) is 12.1 Å². The molecule has 3 nitrogen and oxygen atoms in total. The summed E-state index contributed by atoms with van der Waals surface area (Å²) in [5.41, 5.74) is 16.4. The lowest BCUT2D eigenvalue weighted by molar-refractivity contribution is 0.338. The van der Waals surface area contributed by atoms with Crippen molar-refractivity contribution >= 4 is 34.7 Å². The van der Waals surface area contributed by atoms with Crippen LogP contribution in [0.2, 0.25) is 10.0 Å². The van der Waals surface area contributed by atoms with E-state index in [1.807, 2.05) is 36.4 Å². The normalized spacial score (nSPS) is 20.0. The highest BCUT2D eigenvalue weighted by molar-refractivity contribution is 6.32. The average molecular weight is 400 g/mol. The maximum Gasteiger partial charge on any atom is 0.110 e. The van der Waals surface area contributed by atoms with E-state index in [1.165, 1.54) is 5.56 Å². The van der Waals surface area contributed by atoms with Crippen molar-refractivity contribution in [2.24, 2.45) is 22.4 Å². The van der Waals surface area contributed by atoms with E-state index in [9.17, 15) is 0 Å². The molecule has 2 saturated carbocycles. The summed E-state index contributed by atoms with van der Waals surface area (Å²) in [5, 5.41) is 1.36. The van der Waals surface area contributed by atoms with Gasteiger partial charge in [0.2, 0.25) is 0 Å². The van der Waals surface area contributed by atoms with Crippen LogP contribution in [0.25, 0.3) is 5.70 Å². The van der Waals surface area contributed by atoms with Gasteiger partial charge in [-0.25, -0.2) is 4.99 Å². The van der Waals surface area contributed by atoms with E-state index in [0.29, 0.717) is 22.5 Å². The number of amidine groups is 1. The average Bonchev–Trinajstić information content (AvgIpc) is 3.45. The van der Waals surface area contributed by atoms with Crippen LogP contribution < -0.4 is 11.5 Å². The van der Waals surface area contributed by atoms with Gasteiger partial charge in [0.1, 0.15) is 5.84 Å². The minimum Gasteiger partial charge on any atom is -0.397 e. The molecule has 0 unspecified atom stereocenters. The number of nitrogens with zero attached hydrogens (tertiary/aromatic N) is 1. The summed E-state index contributed by atoms with van der Waals surface area (Å²) in [6.07, 6.45) is 5.31. The largest absolute Gasteiger partial charge is 0.397 e. The van der Waals surface area contributed by atoms with Gasteiger partial charge in [-0.15, -0.1) is 0 Å². The molecule has 4 rings (SSSR count). The molecule has 0 heterocycles. The van der Waals surface area contributed by atoms with Gasteiger partial charge in [-0.1, -0.05) is 60.0 Å². The van der Waals surface area contributed by atoms with Crippen molar-refractivity contribution in [1.29, 1.82) is 0 Å². The van der Waals surface area contributed by atoms with Gasteiger partial charge in [0, 0.05) is 21.5 Å². The molecule has 5 heteroatoms. The van der Waals surface area contributed by atoms with Crippen LogP contribution in [0, 0.1) is 5.92 Å². The van der Waals surface area contributed by atoms with Gasteiger partial charge in [-0.05, 0) is 49.4 Å². The Morgan fingerprint density at radius 3 is 2.19 bits per heavy atom. The molecule has 4 N–H and O–H groups in total. The Morgan fingerprint density at radius 1 is 0.963 bits per heavy atom. The van der Waals surface area contributed by atoms with Crippen LogP contribution in [0.15, 0.2) is 59.2 Å². The number of nitrogens with two attached hydrogens (primary N) is 2. The minimum atomic E-state index is -0.217. The lowest BCUT2D eigenvalue weighted by Crippen LogP contribution is -2.47. The molecule has 0 amide bonds. The summed E-state index contributed by atoms with van der Waals surface area (Å²) in [4.78, 5) is 4.91. The van der Waals surface area contributed by atoms with Crippen molar-refractivity contribution < 1.29 is 0 Å². The fraction of sp³-hybridized carbons (Fsp3) is 0.318. The molecule has 2 fully saturated rings. The van der Waals surface area contributed by atoms with Gasteiger partial charge in [0.25, 0.3) is 0 Å². The topological polar surface area (TPSA) is 64.4 Å². The van der Waals surface area contributed by atoms with Crippen LogP contribution in [0.4, 0.5) is 0 Å². The molecule has 2 aliphatic rings. The Kier molecular flexibility index (Phi) is 4.92. The molecule has 2 aliphatic carbocycles. The van der Waals surface area contributed by atoms with Gasteiger partial charge in [0.05, 0.1) is 16.8 Å². The maximum absolute atomic E-state index is 6.60. The van der Waals surface area contributed by atoms with Crippen LogP contribution in [-0.2, 0) is 5.41 Å². The van der Waals surface area contributed by atoms with E-state index in [-0.39, 0.29) is 5.41 Å². The second kappa shape index (κ2) is 7.21. The van der Waals surface area contributed by atoms with Crippen LogP contribution in [0.1, 0.15) is 43.2 Å². The summed E-state index contributed by atoms with van der Waals surface area (Å²) in [6, 6.07) is 15.6. The number of halogens is 2. The second-order valence-corrected chi connectivity index (χ2v) is 8.34. The first-order valence-electron chi connectivity index (χ1n) is 9.36. The predicted octanol–water partition coefficient (Wildman–Crippen LogP) is 5.51. The van der Waals surface area contributed by atoms with Crippen molar-refractivity contribution in [2.75, 3.05) is 0 Å². The fourth-order valence-electron chi connectivity index (χ4n) is 3.77. The summed E-state index contributed by atoms with van der Waals surface area (Å²) >= 11 is 12.4. The van der Waals surface area contributed by atoms with Gasteiger partial charge >= 0.3 is 0 Å². The molecule has 27 heavy (non-hydrogen) atoms. The van der Waals surface area contributed by atoms with Crippen LogP contribution in [0.3, 0.4) is 0 Å². The van der Waals surface area contributed by atoms with Crippen LogP contribution >= 0.6 is 23.2 Å². The maximum atomic E-state index is 6.60. The Hall–Kier alpha value is -1.97. The first-order chi connectivity index (χ1) is 13.0. The summed E-state index contributed by atoms with van der Waals surface area (Å²) < 4.78 is 0. The van der Waals surface area contributed by atoms with Crippen molar-refractivity contribution in [3.05, 3.63) is 75.4 Å².